The highest BCUT2D eigenvalue weighted by atomic mass is 16.3. The van der Waals surface area contributed by atoms with Gasteiger partial charge in [0.25, 0.3) is 0 Å². The maximum absolute atomic E-state index is 5.28. The van der Waals surface area contributed by atoms with Crippen molar-refractivity contribution in [2.45, 2.75) is 13.8 Å². The summed E-state index contributed by atoms with van der Waals surface area (Å²) in [5.41, 5.74) is 3.18. The SMILES string of the molecule is Cc1ccc(-c2nc(C)co2)cc1. The molecular weight excluding hydrogens is 162 g/mol. The molecule has 0 unspecified atom stereocenters. The third-order valence-corrected chi connectivity index (χ3v) is 1.92. The zero-order chi connectivity index (χ0) is 9.26. The molecule has 0 N–H and O–H groups in total. The molecule has 0 aliphatic heterocycles. The molecule has 2 nitrogen and oxygen atoms in total. The molecule has 0 saturated carbocycles. The van der Waals surface area contributed by atoms with Crippen molar-refractivity contribution in [3.05, 3.63) is 41.8 Å². The monoisotopic (exact) mass is 173 g/mol. The topological polar surface area (TPSA) is 26.0 Å². The van der Waals surface area contributed by atoms with Crippen molar-refractivity contribution < 1.29 is 4.42 Å². The zero-order valence-corrected chi connectivity index (χ0v) is 7.74. The van der Waals surface area contributed by atoms with Gasteiger partial charge in [-0.2, -0.15) is 0 Å². The van der Waals surface area contributed by atoms with Crippen LogP contribution in [0.5, 0.6) is 0 Å². The van der Waals surface area contributed by atoms with Gasteiger partial charge in [-0.05, 0) is 26.0 Å². The minimum Gasteiger partial charge on any atom is -0.444 e. The second kappa shape index (κ2) is 3.05. The van der Waals surface area contributed by atoms with Crippen LogP contribution in [0.3, 0.4) is 0 Å². The lowest BCUT2D eigenvalue weighted by atomic mass is 10.1. The average Bonchev–Trinajstić information content (AvgIpc) is 2.53. The van der Waals surface area contributed by atoms with Gasteiger partial charge in [0.2, 0.25) is 5.89 Å². The number of rotatable bonds is 1. The number of aromatic nitrogens is 1. The third-order valence-electron chi connectivity index (χ3n) is 1.92. The summed E-state index contributed by atoms with van der Waals surface area (Å²) in [4.78, 5) is 4.24. The summed E-state index contributed by atoms with van der Waals surface area (Å²) in [6.45, 7) is 3.98. The number of hydrogen-bond acceptors (Lipinski definition) is 2. The molecule has 2 aromatic rings. The molecule has 0 amide bonds. The molecule has 0 aliphatic carbocycles. The van der Waals surface area contributed by atoms with E-state index in [1.165, 1.54) is 5.56 Å². The fourth-order valence-electron chi connectivity index (χ4n) is 1.18. The van der Waals surface area contributed by atoms with Crippen molar-refractivity contribution in [3.63, 3.8) is 0 Å². The summed E-state index contributed by atoms with van der Waals surface area (Å²) in [5, 5.41) is 0. The first-order chi connectivity index (χ1) is 6.25. The number of nitrogens with zero attached hydrogens (tertiary/aromatic N) is 1. The van der Waals surface area contributed by atoms with E-state index in [1.807, 2.05) is 19.1 Å². The molecule has 0 spiro atoms. The van der Waals surface area contributed by atoms with E-state index >= 15 is 0 Å². The van der Waals surface area contributed by atoms with Gasteiger partial charge in [-0.15, -0.1) is 0 Å². The molecule has 0 bridgehead atoms. The van der Waals surface area contributed by atoms with E-state index in [0.29, 0.717) is 5.89 Å². The lowest BCUT2D eigenvalue weighted by molar-refractivity contribution is 0.573. The molecule has 0 saturated heterocycles. The Balaban J connectivity index is 2.41. The lowest BCUT2D eigenvalue weighted by Crippen LogP contribution is -1.78. The Hall–Kier alpha value is -1.57. The van der Waals surface area contributed by atoms with E-state index in [0.717, 1.165) is 11.3 Å². The smallest absolute Gasteiger partial charge is 0.226 e. The quantitative estimate of drug-likeness (QED) is 0.662. The van der Waals surface area contributed by atoms with Gasteiger partial charge in [0, 0.05) is 5.56 Å². The summed E-state index contributed by atoms with van der Waals surface area (Å²) in [7, 11) is 0. The highest BCUT2D eigenvalue weighted by molar-refractivity contribution is 5.53. The molecule has 2 rings (SSSR count). The molecule has 1 aromatic carbocycles. The van der Waals surface area contributed by atoms with Crippen LogP contribution in [0, 0.1) is 13.8 Å². The Morgan fingerprint density at radius 3 is 2.31 bits per heavy atom. The van der Waals surface area contributed by atoms with Crippen molar-refractivity contribution in [3.8, 4) is 11.5 Å². The summed E-state index contributed by atoms with van der Waals surface area (Å²) >= 11 is 0. The van der Waals surface area contributed by atoms with Gasteiger partial charge in [-0.25, -0.2) is 4.98 Å². The van der Waals surface area contributed by atoms with E-state index < -0.39 is 0 Å². The number of aryl methyl sites for hydroxylation is 2. The van der Waals surface area contributed by atoms with Crippen molar-refractivity contribution >= 4 is 0 Å². The Morgan fingerprint density at radius 1 is 1.08 bits per heavy atom. The van der Waals surface area contributed by atoms with E-state index in [9.17, 15) is 0 Å². The van der Waals surface area contributed by atoms with Gasteiger partial charge in [0.15, 0.2) is 0 Å². The van der Waals surface area contributed by atoms with Gasteiger partial charge in [-0.3, -0.25) is 0 Å². The number of benzene rings is 1. The Bertz CT molecular complexity index is 400. The number of hydrogen-bond donors (Lipinski definition) is 0. The van der Waals surface area contributed by atoms with Gasteiger partial charge < -0.3 is 4.42 Å². The highest BCUT2D eigenvalue weighted by Gasteiger charge is 2.02. The fraction of sp³-hybridized carbons (Fsp3) is 0.182. The molecule has 0 radical (unpaired) electrons. The van der Waals surface area contributed by atoms with Crippen molar-refractivity contribution in [1.82, 2.24) is 4.98 Å². The minimum atomic E-state index is 0.692. The highest BCUT2D eigenvalue weighted by Crippen LogP contribution is 2.18. The predicted octanol–water partition coefficient (Wildman–Crippen LogP) is 2.96. The normalized spacial score (nSPS) is 10.3. The van der Waals surface area contributed by atoms with Crippen molar-refractivity contribution in [1.29, 1.82) is 0 Å². The maximum atomic E-state index is 5.28. The van der Waals surface area contributed by atoms with Gasteiger partial charge >= 0.3 is 0 Å². The Labute approximate surface area is 77.2 Å². The average molecular weight is 173 g/mol. The first-order valence-electron chi connectivity index (χ1n) is 4.25. The molecule has 2 heteroatoms. The van der Waals surface area contributed by atoms with Crippen LogP contribution in [-0.2, 0) is 0 Å². The molecule has 66 valence electrons. The molecule has 1 aromatic heterocycles. The molecule has 0 fully saturated rings. The number of oxazole rings is 1. The van der Waals surface area contributed by atoms with Gasteiger partial charge in [0.05, 0.1) is 5.69 Å². The van der Waals surface area contributed by atoms with Gasteiger partial charge in [0.1, 0.15) is 6.26 Å². The van der Waals surface area contributed by atoms with Gasteiger partial charge in [-0.1, -0.05) is 17.7 Å². The zero-order valence-electron chi connectivity index (χ0n) is 7.74. The summed E-state index contributed by atoms with van der Waals surface area (Å²) in [6.07, 6.45) is 1.66. The van der Waals surface area contributed by atoms with Crippen LogP contribution in [-0.4, -0.2) is 4.98 Å². The van der Waals surface area contributed by atoms with Crippen molar-refractivity contribution in [2.75, 3.05) is 0 Å². The fourth-order valence-corrected chi connectivity index (χ4v) is 1.18. The second-order valence-electron chi connectivity index (χ2n) is 3.16. The van der Waals surface area contributed by atoms with Crippen LogP contribution in [0.4, 0.5) is 0 Å². The second-order valence-corrected chi connectivity index (χ2v) is 3.16. The van der Waals surface area contributed by atoms with Crippen LogP contribution in [0.2, 0.25) is 0 Å². The first kappa shape index (κ1) is 8.05. The molecule has 1 heterocycles. The lowest BCUT2D eigenvalue weighted by Gasteiger charge is -1.95. The van der Waals surface area contributed by atoms with E-state index in [4.69, 9.17) is 4.42 Å². The molecule has 0 aliphatic rings. The van der Waals surface area contributed by atoms with Crippen LogP contribution < -0.4 is 0 Å². The summed E-state index contributed by atoms with van der Waals surface area (Å²) in [5.74, 6) is 0.692. The van der Waals surface area contributed by atoms with Crippen LogP contribution in [0.15, 0.2) is 34.9 Å². The summed E-state index contributed by atoms with van der Waals surface area (Å²) < 4.78 is 5.28. The Kier molecular flexibility index (Phi) is 1.89. The van der Waals surface area contributed by atoms with Crippen LogP contribution >= 0.6 is 0 Å². The van der Waals surface area contributed by atoms with Crippen LogP contribution in [0.25, 0.3) is 11.5 Å². The van der Waals surface area contributed by atoms with E-state index in [2.05, 4.69) is 24.0 Å². The third kappa shape index (κ3) is 1.61. The first-order valence-corrected chi connectivity index (χ1v) is 4.25. The maximum Gasteiger partial charge on any atom is 0.226 e. The van der Waals surface area contributed by atoms with Crippen molar-refractivity contribution in [2.24, 2.45) is 0 Å². The standard InChI is InChI=1S/C11H11NO/c1-8-3-5-10(6-4-8)11-12-9(2)7-13-11/h3-7H,1-2H3. The minimum absolute atomic E-state index is 0.692. The van der Waals surface area contributed by atoms with E-state index in [-0.39, 0.29) is 0 Å². The molecule has 13 heavy (non-hydrogen) atoms. The largest absolute Gasteiger partial charge is 0.444 e. The Morgan fingerprint density at radius 2 is 1.77 bits per heavy atom. The predicted molar refractivity (Wildman–Crippen MR) is 51.4 cm³/mol. The van der Waals surface area contributed by atoms with Crippen LogP contribution in [0.1, 0.15) is 11.3 Å². The summed E-state index contributed by atoms with van der Waals surface area (Å²) in [6, 6.07) is 8.13. The van der Waals surface area contributed by atoms with E-state index in [1.54, 1.807) is 6.26 Å². The molecular formula is C11H11NO. The molecule has 0 atom stereocenters.